The second-order valence-corrected chi connectivity index (χ2v) is 4.41. The molecule has 0 saturated heterocycles. The van der Waals surface area contributed by atoms with Gasteiger partial charge in [0.05, 0.1) is 11.6 Å². The maximum absolute atomic E-state index is 11.6. The van der Waals surface area contributed by atoms with Gasteiger partial charge < -0.3 is 10.3 Å². The van der Waals surface area contributed by atoms with E-state index < -0.39 is 0 Å². The number of aromatic nitrogens is 4. The van der Waals surface area contributed by atoms with Crippen LogP contribution < -0.4 is 11.0 Å². The molecule has 3 aromatic rings. The number of aromatic amines is 1. The van der Waals surface area contributed by atoms with Crippen LogP contribution in [0.15, 0.2) is 47.5 Å². The number of anilines is 1. The summed E-state index contributed by atoms with van der Waals surface area (Å²) in [6.45, 7) is 1.92. The highest BCUT2D eigenvalue weighted by molar-refractivity contribution is 5.88. The second kappa shape index (κ2) is 5.08. The molecule has 0 spiro atoms. The summed E-state index contributed by atoms with van der Waals surface area (Å²) in [6.07, 6.45) is 3.37. The SMILES string of the molecule is CC(Nc1nc(=O)[nH]c2ccccc12)c1ncccn1. The number of nitrogens with zero attached hydrogens (tertiary/aromatic N) is 3. The summed E-state index contributed by atoms with van der Waals surface area (Å²) >= 11 is 0. The molecule has 100 valence electrons. The van der Waals surface area contributed by atoms with Crippen molar-refractivity contribution in [3.8, 4) is 0 Å². The third-order valence-electron chi connectivity index (χ3n) is 2.96. The van der Waals surface area contributed by atoms with Crippen LogP contribution in [0.5, 0.6) is 0 Å². The molecule has 1 unspecified atom stereocenters. The van der Waals surface area contributed by atoms with Gasteiger partial charge in [-0.05, 0) is 25.1 Å². The first-order valence-corrected chi connectivity index (χ1v) is 6.26. The minimum Gasteiger partial charge on any atom is -0.360 e. The zero-order valence-electron chi connectivity index (χ0n) is 10.9. The lowest BCUT2D eigenvalue weighted by Crippen LogP contribution is -2.17. The van der Waals surface area contributed by atoms with Gasteiger partial charge in [0, 0.05) is 17.8 Å². The zero-order chi connectivity index (χ0) is 13.9. The topological polar surface area (TPSA) is 83.6 Å². The zero-order valence-corrected chi connectivity index (χ0v) is 10.9. The predicted octanol–water partition coefficient (Wildman–Crippen LogP) is 1.89. The number of nitrogens with one attached hydrogen (secondary N) is 2. The molecule has 0 radical (unpaired) electrons. The van der Waals surface area contributed by atoms with Crippen LogP contribution in [0.25, 0.3) is 10.9 Å². The van der Waals surface area contributed by atoms with E-state index >= 15 is 0 Å². The van der Waals surface area contributed by atoms with Gasteiger partial charge in [-0.3, -0.25) is 0 Å². The van der Waals surface area contributed by atoms with Crippen LogP contribution in [0.2, 0.25) is 0 Å². The molecule has 2 heterocycles. The maximum Gasteiger partial charge on any atom is 0.347 e. The fourth-order valence-electron chi connectivity index (χ4n) is 2.02. The Morgan fingerprint density at radius 3 is 2.70 bits per heavy atom. The van der Waals surface area contributed by atoms with Crippen LogP contribution in [-0.2, 0) is 0 Å². The Labute approximate surface area is 114 Å². The van der Waals surface area contributed by atoms with E-state index in [1.54, 1.807) is 18.5 Å². The molecule has 2 aromatic heterocycles. The summed E-state index contributed by atoms with van der Waals surface area (Å²) in [6, 6.07) is 9.13. The number of hydrogen-bond donors (Lipinski definition) is 2. The summed E-state index contributed by atoms with van der Waals surface area (Å²) in [7, 11) is 0. The van der Waals surface area contributed by atoms with E-state index in [4.69, 9.17) is 0 Å². The first-order valence-electron chi connectivity index (χ1n) is 6.26. The largest absolute Gasteiger partial charge is 0.360 e. The quantitative estimate of drug-likeness (QED) is 0.757. The molecule has 0 saturated carbocycles. The van der Waals surface area contributed by atoms with Crippen molar-refractivity contribution in [1.29, 1.82) is 0 Å². The molecular formula is C14H13N5O. The molecule has 2 N–H and O–H groups in total. The van der Waals surface area contributed by atoms with Crippen molar-refractivity contribution in [2.75, 3.05) is 5.32 Å². The van der Waals surface area contributed by atoms with Gasteiger partial charge in [0.1, 0.15) is 11.6 Å². The van der Waals surface area contributed by atoms with Crippen LogP contribution in [0.1, 0.15) is 18.8 Å². The highest BCUT2D eigenvalue weighted by Crippen LogP contribution is 2.21. The third kappa shape index (κ3) is 2.35. The summed E-state index contributed by atoms with van der Waals surface area (Å²) in [4.78, 5) is 26.7. The van der Waals surface area contributed by atoms with Crippen LogP contribution >= 0.6 is 0 Å². The van der Waals surface area contributed by atoms with Crippen LogP contribution in [0.3, 0.4) is 0 Å². The van der Waals surface area contributed by atoms with Gasteiger partial charge in [-0.15, -0.1) is 0 Å². The van der Waals surface area contributed by atoms with Gasteiger partial charge >= 0.3 is 5.69 Å². The van der Waals surface area contributed by atoms with Crippen molar-refractivity contribution in [2.45, 2.75) is 13.0 Å². The van der Waals surface area contributed by atoms with Gasteiger partial charge in [0.25, 0.3) is 0 Å². The summed E-state index contributed by atoms with van der Waals surface area (Å²) < 4.78 is 0. The highest BCUT2D eigenvalue weighted by atomic mass is 16.1. The molecule has 1 aromatic carbocycles. The fourth-order valence-corrected chi connectivity index (χ4v) is 2.02. The van der Waals surface area contributed by atoms with E-state index in [-0.39, 0.29) is 11.7 Å². The molecule has 0 fully saturated rings. The van der Waals surface area contributed by atoms with Gasteiger partial charge in [0.2, 0.25) is 0 Å². The Kier molecular flexibility index (Phi) is 3.12. The molecule has 20 heavy (non-hydrogen) atoms. The smallest absolute Gasteiger partial charge is 0.347 e. The molecule has 6 heteroatoms. The highest BCUT2D eigenvalue weighted by Gasteiger charge is 2.11. The molecule has 0 aliphatic heterocycles. The van der Waals surface area contributed by atoms with Crippen molar-refractivity contribution in [1.82, 2.24) is 19.9 Å². The van der Waals surface area contributed by atoms with E-state index in [9.17, 15) is 4.79 Å². The molecular weight excluding hydrogens is 254 g/mol. The van der Waals surface area contributed by atoms with Crippen molar-refractivity contribution in [3.05, 3.63) is 59.0 Å². The van der Waals surface area contributed by atoms with E-state index in [1.165, 1.54) is 0 Å². The number of rotatable bonds is 3. The minimum atomic E-state index is -0.382. The summed E-state index contributed by atoms with van der Waals surface area (Å²) in [5, 5.41) is 4.04. The second-order valence-electron chi connectivity index (χ2n) is 4.41. The predicted molar refractivity (Wildman–Crippen MR) is 76.4 cm³/mol. The summed E-state index contributed by atoms with van der Waals surface area (Å²) in [5.41, 5.74) is 0.364. The first kappa shape index (κ1) is 12.3. The molecule has 0 aliphatic rings. The fraction of sp³-hybridized carbons (Fsp3) is 0.143. The molecule has 0 bridgehead atoms. The molecule has 6 nitrogen and oxygen atoms in total. The monoisotopic (exact) mass is 267 g/mol. The molecule has 1 atom stereocenters. The van der Waals surface area contributed by atoms with Crippen molar-refractivity contribution in [2.24, 2.45) is 0 Å². The average Bonchev–Trinajstić information content (AvgIpc) is 2.48. The molecule has 0 aliphatic carbocycles. The Morgan fingerprint density at radius 2 is 1.90 bits per heavy atom. The number of benzene rings is 1. The van der Waals surface area contributed by atoms with E-state index in [0.717, 1.165) is 10.9 Å². The van der Waals surface area contributed by atoms with Crippen molar-refractivity contribution < 1.29 is 0 Å². The number of para-hydroxylation sites is 1. The molecule has 0 amide bonds. The van der Waals surface area contributed by atoms with Gasteiger partial charge in [0.15, 0.2) is 0 Å². The van der Waals surface area contributed by atoms with Crippen molar-refractivity contribution >= 4 is 16.7 Å². The summed E-state index contributed by atoms with van der Waals surface area (Å²) in [5.74, 6) is 1.18. The molecule has 3 rings (SSSR count). The van der Waals surface area contributed by atoms with Gasteiger partial charge in [-0.1, -0.05) is 12.1 Å². The normalized spacial score (nSPS) is 12.2. The number of fused-ring (bicyclic) bond motifs is 1. The first-order chi connectivity index (χ1) is 9.74. The number of hydrogen-bond acceptors (Lipinski definition) is 5. The lowest BCUT2D eigenvalue weighted by molar-refractivity contribution is 0.783. The van der Waals surface area contributed by atoms with Crippen LogP contribution in [-0.4, -0.2) is 19.9 Å². The number of H-pyrrole nitrogens is 1. The van der Waals surface area contributed by atoms with Crippen LogP contribution in [0, 0.1) is 0 Å². The minimum absolute atomic E-state index is 0.145. The van der Waals surface area contributed by atoms with Crippen LogP contribution in [0.4, 0.5) is 5.82 Å². The average molecular weight is 267 g/mol. The van der Waals surface area contributed by atoms with E-state index in [2.05, 4.69) is 25.3 Å². The lowest BCUT2D eigenvalue weighted by atomic mass is 10.2. The lowest BCUT2D eigenvalue weighted by Gasteiger charge is -2.14. The Balaban J connectivity index is 2.01. The Hall–Kier alpha value is -2.76. The van der Waals surface area contributed by atoms with E-state index in [0.29, 0.717) is 11.6 Å². The standard InChI is InChI=1S/C14H13N5O/c1-9(12-15-7-4-8-16-12)17-13-10-5-2-3-6-11(10)18-14(20)19-13/h2-9H,1H3,(H2,17,18,19,20). The van der Waals surface area contributed by atoms with Gasteiger partial charge in [-0.25, -0.2) is 14.8 Å². The van der Waals surface area contributed by atoms with E-state index in [1.807, 2.05) is 31.2 Å². The van der Waals surface area contributed by atoms with Crippen molar-refractivity contribution in [3.63, 3.8) is 0 Å². The van der Waals surface area contributed by atoms with Gasteiger partial charge in [-0.2, -0.15) is 4.98 Å². The third-order valence-corrected chi connectivity index (χ3v) is 2.96. The maximum atomic E-state index is 11.6. The Bertz CT molecular complexity index is 784. The Morgan fingerprint density at radius 1 is 1.15 bits per heavy atom.